The molecule has 2 amide bonds. The van der Waals surface area contributed by atoms with Crippen LogP contribution in [0.2, 0.25) is 10.0 Å². The molecule has 1 heterocycles. The lowest BCUT2D eigenvalue weighted by atomic mass is 10.1. The molecule has 1 unspecified atom stereocenters. The first-order valence-corrected chi connectivity index (χ1v) is 7.02. The maximum Gasteiger partial charge on any atom is 0.317 e. The van der Waals surface area contributed by atoms with Gasteiger partial charge in [0.05, 0.1) is 0 Å². The van der Waals surface area contributed by atoms with Gasteiger partial charge in [-0.3, -0.25) is 0 Å². The van der Waals surface area contributed by atoms with Crippen LogP contribution in [0, 0.1) is 5.92 Å². The second kappa shape index (κ2) is 6.46. The molecule has 0 radical (unpaired) electrons. The third-order valence-corrected chi connectivity index (χ3v) is 3.95. The maximum atomic E-state index is 12.0. The summed E-state index contributed by atoms with van der Waals surface area (Å²) in [6.45, 7) is 2.49. The molecule has 19 heavy (non-hydrogen) atoms. The van der Waals surface area contributed by atoms with Crippen molar-refractivity contribution in [1.82, 2.24) is 10.2 Å². The van der Waals surface area contributed by atoms with Gasteiger partial charge in [-0.05, 0) is 42.6 Å². The van der Waals surface area contributed by atoms with Crippen molar-refractivity contribution in [3.63, 3.8) is 0 Å². The van der Waals surface area contributed by atoms with Gasteiger partial charge in [0.15, 0.2) is 0 Å². The SMILES string of the molecule is NCC1CCN(C(=O)NCc2cc(Cl)ccc2Cl)C1. The van der Waals surface area contributed by atoms with Crippen LogP contribution in [0.4, 0.5) is 4.79 Å². The van der Waals surface area contributed by atoms with E-state index in [2.05, 4.69) is 5.32 Å². The maximum absolute atomic E-state index is 12.0. The predicted octanol–water partition coefficient (Wildman–Crippen LogP) is 2.48. The number of likely N-dealkylation sites (tertiary alicyclic amines) is 1. The molecule has 0 aromatic heterocycles. The summed E-state index contributed by atoms with van der Waals surface area (Å²) >= 11 is 11.9. The van der Waals surface area contributed by atoms with E-state index in [1.165, 1.54) is 0 Å². The number of carbonyl (C=O) groups is 1. The van der Waals surface area contributed by atoms with Gasteiger partial charge in [0, 0.05) is 29.7 Å². The number of hydrogen-bond acceptors (Lipinski definition) is 2. The molecule has 1 aliphatic heterocycles. The van der Waals surface area contributed by atoms with Crippen LogP contribution in [0.15, 0.2) is 18.2 Å². The number of hydrogen-bond donors (Lipinski definition) is 2. The Kier molecular flexibility index (Phi) is 4.91. The number of nitrogens with zero attached hydrogens (tertiary/aromatic N) is 1. The third kappa shape index (κ3) is 3.75. The molecule has 6 heteroatoms. The normalized spacial score (nSPS) is 18.7. The fraction of sp³-hybridized carbons (Fsp3) is 0.462. The number of rotatable bonds is 3. The first kappa shape index (κ1) is 14.4. The molecule has 3 N–H and O–H groups in total. The number of benzene rings is 1. The largest absolute Gasteiger partial charge is 0.334 e. The minimum absolute atomic E-state index is 0.0769. The summed E-state index contributed by atoms with van der Waals surface area (Å²) in [4.78, 5) is 13.8. The molecule has 1 fully saturated rings. The Bertz CT molecular complexity index is 467. The Morgan fingerprint density at radius 2 is 2.26 bits per heavy atom. The first-order valence-electron chi connectivity index (χ1n) is 6.27. The number of nitrogens with one attached hydrogen (secondary N) is 1. The van der Waals surface area contributed by atoms with Crippen molar-refractivity contribution in [2.45, 2.75) is 13.0 Å². The lowest BCUT2D eigenvalue weighted by Gasteiger charge is -2.17. The highest BCUT2D eigenvalue weighted by Gasteiger charge is 2.24. The van der Waals surface area contributed by atoms with Gasteiger partial charge in [0.25, 0.3) is 0 Å². The van der Waals surface area contributed by atoms with E-state index in [0.717, 1.165) is 25.1 Å². The first-order chi connectivity index (χ1) is 9.10. The lowest BCUT2D eigenvalue weighted by molar-refractivity contribution is 0.207. The quantitative estimate of drug-likeness (QED) is 0.901. The topological polar surface area (TPSA) is 58.4 Å². The summed E-state index contributed by atoms with van der Waals surface area (Å²) in [5.41, 5.74) is 6.42. The van der Waals surface area contributed by atoms with Crippen molar-refractivity contribution in [2.75, 3.05) is 19.6 Å². The lowest BCUT2D eigenvalue weighted by Crippen LogP contribution is -2.38. The molecular formula is C13H17Cl2N3O. The average molecular weight is 302 g/mol. The van der Waals surface area contributed by atoms with E-state index in [9.17, 15) is 4.79 Å². The minimum atomic E-state index is -0.0769. The Labute approximate surface area is 122 Å². The van der Waals surface area contributed by atoms with Crippen LogP contribution >= 0.6 is 23.2 Å². The van der Waals surface area contributed by atoms with Crippen LogP contribution in [0.3, 0.4) is 0 Å². The monoisotopic (exact) mass is 301 g/mol. The summed E-state index contributed by atoms with van der Waals surface area (Å²) in [5.74, 6) is 0.417. The Hall–Kier alpha value is -0.970. The molecular weight excluding hydrogens is 285 g/mol. The van der Waals surface area contributed by atoms with Crippen molar-refractivity contribution >= 4 is 29.2 Å². The van der Waals surface area contributed by atoms with Gasteiger partial charge in [-0.1, -0.05) is 23.2 Å². The number of urea groups is 1. The third-order valence-electron chi connectivity index (χ3n) is 3.34. The van der Waals surface area contributed by atoms with E-state index in [-0.39, 0.29) is 6.03 Å². The molecule has 1 aromatic rings. The van der Waals surface area contributed by atoms with Crippen molar-refractivity contribution in [3.05, 3.63) is 33.8 Å². The van der Waals surface area contributed by atoms with Gasteiger partial charge in [-0.25, -0.2) is 4.79 Å². The van der Waals surface area contributed by atoms with E-state index in [4.69, 9.17) is 28.9 Å². The fourth-order valence-corrected chi connectivity index (χ4v) is 2.55. The molecule has 0 aliphatic carbocycles. The Morgan fingerprint density at radius 3 is 2.95 bits per heavy atom. The average Bonchev–Trinajstić information content (AvgIpc) is 2.88. The van der Waals surface area contributed by atoms with Crippen molar-refractivity contribution in [3.8, 4) is 0 Å². The zero-order chi connectivity index (χ0) is 13.8. The van der Waals surface area contributed by atoms with Crippen LogP contribution in [0.25, 0.3) is 0 Å². The molecule has 0 saturated carbocycles. The van der Waals surface area contributed by atoms with Gasteiger partial charge in [0.2, 0.25) is 0 Å². The number of amides is 2. The second-order valence-corrected chi connectivity index (χ2v) is 5.57. The molecule has 2 rings (SSSR count). The number of halogens is 2. The summed E-state index contributed by atoms with van der Waals surface area (Å²) in [5, 5.41) is 4.07. The molecule has 0 spiro atoms. The van der Waals surface area contributed by atoms with Crippen molar-refractivity contribution in [2.24, 2.45) is 11.7 Å². The summed E-state index contributed by atoms with van der Waals surface area (Å²) in [7, 11) is 0. The molecule has 1 aromatic carbocycles. The van der Waals surface area contributed by atoms with Crippen LogP contribution in [0.5, 0.6) is 0 Å². The zero-order valence-electron chi connectivity index (χ0n) is 10.5. The second-order valence-electron chi connectivity index (χ2n) is 4.73. The minimum Gasteiger partial charge on any atom is -0.334 e. The summed E-state index contributed by atoms with van der Waals surface area (Å²) in [6.07, 6.45) is 0.974. The summed E-state index contributed by atoms with van der Waals surface area (Å²) in [6, 6.07) is 5.14. The van der Waals surface area contributed by atoms with Gasteiger partial charge < -0.3 is 16.0 Å². The molecule has 104 valence electrons. The molecule has 1 saturated heterocycles. The van der Waals surface area contributed by atoms with Gasteiger partial charge in [0.1, 0.15) is 0 Å². The number of carbonyl (C=O) groups excluding carboxylic acids is 1. The van der Waals surface area contributed by atoms with E-state index < -0.39 is 0 Å². The molecule has 4 nitrogen and oxygen atoms in total. The van der Waals surface area contributed by atoms with Gasteiger partial charge >= 0.3 is 6.03 Å². The molecule has 1 atom stereocenters. The predicted molar refractivity (Wildman–Crippen MR) is 77.4 cm³/mol. The number of nitrogens with two attached hydrogens (primary N) is 1. The van der Waals surface area contributed by atoms with Crippen LogP contribution in [0.1, 0.15) is 12.0 Å². The summed E-state index contributed by atoms with van der Waals surface area (Å²) < 4.78 is 0. The van der Waals surface area contributed by atoms with Crippen LogP contribution in [-0.4, -0.2) is 30.6 Å². The highest BCUT2D eigenvalue weighted by molar-refractivity contribution is 6.33. The highest BCUT2D eigenvalue weighted by atomic mass is 35.5. The van der Waals surface area contributed by atoms with E-state index in [1.807, 2.05) is 0 Å². The smallest absolute Gasteiger partial charge is 0.317 e. The zero-order valence-corrected chi connectivity index (χ0v) is 12.0. The van der Waals surface area contributed by atoms with E-state index in [1.54, 1.807) is 23.1 Å². The van der Waals surface area contributed by atoms with E-state index in [0.29, 0.717) is 29.1 Å². The van der Waals surface area contributed by atoms with Crippen molar-refractivity contribution in [1.29, 1.82) is 0 Å². The van der Waals surface area contributed by atoms with Gasteiger partial charge in [-0.15, -0.1) is 0 Å². The van der Waals surface area contributed by atoms with Crippen LogP contribution < -0.4 is 11.1 Å². The highest BCUT2D eigenvalue weighted by Crippen LogP contribution is 2.20. The van der Waals surface area contributed by atoms with Crippen molar-refractivity contribution < 1.29 is 4.79 Å². The van der Waals surface area contributed by atoms with Crippen LogP contribution in [-0.2, 0) is 6.54 Å². The molecule has 1 aliphatic rings. The van der Waals surface area contributed by atoms with Gasteiger partial charge in [-0.2, -0.15) is 0 Å². The Balaban J connectivity index is 1.88. The Morgan fingerprint density at radius 1 is 1.47 bits per heavy atom. The standard InChI is InChI=1S/C13H17Cl2N3O/c14-11-1-2-12(15)10(5-11)7-17-13(19)18-4-3-9(6-16)8-18/h1-2,5,9H,3-4,6-8,16H2,(H,17,19). The fourth-order valence-electron chi connectivity index (χ4n) is 2.17. The van der Waals surface area contributed by atoms with E-state index >= 15 is 0 Å². The molecule has 0 bridgehead atoms.